The number of piperazine rings is 1. The van der Waals surface area contributed by atoms with Gasteiger partial charge in [0.1, 0.15) is 0 Å². The molecule has 0 aromatic rings. The summed E-state index contributed by atoms with van der Waals surface area (Å²) in [5, 5.41) is 6.23. The standard InChI is InChI=1S/C16H29N5O2/c1-13(22)20-8-10-21(11-9-20)16(17-2)18-12-15(23)19-14-6-4-3-5-7-14/h14H,3-12H2,1-2H3,(H,17,18)(H,19,23). The summed E-state index contributed by atoms with van der Waals surface area (Å²) >= 11 is 0. The number of rotatable bonds is 3. The van der Waals surface area contributed by atoms with Crippen molar-refractivity contribution < 1.29 is 9.59 Å². The van der Waals surface area contributed by atoms with Crippen molar-refractivity contribution >= 4 is 17.8 Å². The van der Waals surface area contributed by atoms with E-state index < -0.39 is 0 Å². The van der Waals surface area contributed by atoms with Gasteiger partial charge in [-0.2, -0.15) is 0 Å². The predicted octanol–water partition coefficient (Wildman–Crippen LogP) is 0.175. The first-order chi connectivity index (χ1) is 11.1. The van der Waals surface area contributed by atoms with Crippen molar-refractivity contribution in [1.29, 1.82) is 0 Å². The van der Waals surface area contributed by atoms with Crippen molar-refractivity contribution in [2.45, 2.75) is 45.1 Å². The lowest BCUT2D eigenvalue weighted by molar-refractivity contribution is -0.130. The van der Waals surface area contributed by atoms with Gasteiger partial charge in [0.15, 0.2) is 5.96 Å². The zero-order valence-electron chi connectivity index (χ0n) is 14.3. The van der Waals surface area contributed by atoms with Gasteiger partial charge in [0, 0.05) is 46.2 Å². The van der Waals surface area contributed by atoms with Crippen molar-refractivity contribution in [3.8, 4) is 0 Å². The topological polar surface area (TPSA) is 77.0 Å². The lowest BCUT2D eigenvalue weighted by Gasteiger charge is -2.36. The molecule has 7 nitrogen and oxygen atoms in total. The maximum atomic E-state index is 12.1. The number of hydrogen-bond donors (Lipinski definition) is 2. The van der Waals surface area contributed by atoms with Crippen molar-refractivity contribution in [2.75, 3.05) is 39.8 Å². The van der Waals surface area contributed by atoms with Gasteiger partial charge in [-0.3, -0.25) is 14.6 Å². The average Bonchev–Trinajstić information content (AvgIpc) is 2.56. The van der Waals surface area contributed by atoms with Crippen LogP contribution in [0.1, 0.15) is 39.0 Å². The molecular weight excluding hydrogens is 294 g/mol. The van der Waals surface area contributed by atoms with Gasteiger partial charge in [0.25, 0.3) is 0 Å². The molecule has 0 bridgehead atoms. The fraction of sp³-hybridized carbons (Fsp3) is 0.812. The number of hydrogen-bond acceptors (Lipinski definition) is 3. The first kappa shape index (κ1) is 17.6. The van der Waals surface area contributed by atoms with E-state index in [1.165, 1.54) is 19.3 Å². The Balaban J connectivity index is 1.72. The molecule has 1 aliphatic carbocycles. The molecule has 7 heteroatoms. The summed E-state index contributed by atoms with van der Waals surface area (Å²) in [6.45, 7) is 4.72. The Hall–Kier alpha value is -1.79. The third-order valence-electron chi connectivity index (χ3n) is 4.61. The Morgan fingerprint density at radius 2 is 1.65 bits per heavy atom. The fourth-order valence-corrected chi connectivity index (χ4v) is 3.25. The minimum atomic E-state index is 0.0282. The molecule has 1 saturated heterocycles. The highest BCUT2D eigenvalue weighted by molar-refractivity contribution is 5.86. The van der Waals surface area contributed by atoms with Crippen LogP contribution < -0.4 is 10.6 Å². The number of nitrogens with one attached hydrogen (secondary N) is 2. The Morgan fingerprint density at radius 1 is 1.04 bits per heavy atom. The van der Waals surface area contributed by atoms with Crippen molar-refractivity contribution in [3.63, 3.8) is 0 Å². The summed E-state index contributed by atoms with van der Waals surface area (Å²) < 4.78 is 0. The maximum Gasteiger partial charge on any atom is 0.239 e. The van der Waals surface area contributed by atoms with Crippen LogP contribution in [-0.2, 0) is 9.59 Å². The second-order valence-electron chi connectivity index (χ2n) is 6.30. The van der Waals surface area contributed by atoms with E-state index >= 15 is 0 Å². The van der Waals surface area contributed by atoms with Crippen LogP contribution in [-0.4, -0.2) is 73.4 Å². The molecule has 2 rings (SSSR count). The molecule has 2 fully saturated rings. The van der Waals surface area contributed by atoms with Crippen LogP contribution >= 0.6 is 0 Å². The lowest BCUT2D eigenvalue weighted by Crippen LogP contribution is -2.54. The first-order valence-electron chi connectivity index (χ1n) is 8.60. The summed E-state index contributed by atoms with van der Waals surface area (Å²) in [6, 6.07) is 0.333. The molecule has 1 aliphatic heterocycles. The molecule has 1 saturated carbocycles. The van der Waals surface area contributed by atoms with E-state index in [0.717, 1.165) is 31.9 Å². The van der Waals surface area contributed by atoms with Gasteiger partial charge in [-0.25, -0.2) is 0 Å². The van der Waals surface area contributed by atoms with Crippen molar-refractivity contribution in [2.24, 2.45) is 4.99 Å². The summed E-state index contributed by atoms with van der Waals surface area (Å²) in [4.78, 5) is 31.6. The second-order valence-corrected chi connectivity index (χ2v) is 6.30. The highest BCUT2D eigenvalue weighted by Crippen LogP contribution is 2.17. The van der Waals surface area contributed by atoms with Gasteiger partial charge in [0.2, 0.25) is 11.8 Å². The van der Waals surface area contributed by atoms with E-state index in [9.17, 15) is 9.59 Å². The normalized spacial score (nSPS) is 20.3. The van der Waals surface area contributed by atoms with Crippen LogP contribution in [0.15, 0.2) is 4.99 Å². The molecule has 0 aromatic heterocycles. The van der Waals surface area contributed by atoms with E-state index in [-0.39, 0.29) is 18.4 Å². The number of guanidine groups is 1. The van der Waals surface area contributed by atoms with Crippen LogP contribution in [0.25, 0.3) is 0 Å². The zero-order chi connectivity index (χ0) is 16.7. The monoisotopic (exact) mass is 323 g/mol. The minimum absolute atomic E-state index is 0.0282. The van der Waals surface area contributed by atoms with Gasteiger partial charge in [-0.1, -0.05) is 19.3 Å². The number of amides is 2. The molecule has 0 unspecified atom stereocenters. The van der Waals surface area contributed by atoms with E-state index in [4.69, 9.17) is 0 Å². The fourth-order valence-electron chi connectivity index (χ4n) is 3.25. The SMILES string of the molecule is CN=C(NCC(=O)NC1CCCCC1)N1CCN(C(C)=O)CC1. The zero-order valence-corrected chi connectivity index (χ0v) is 14.3. The largest absolute Gasteiger partial charge is 0.352 e. The quantitative estimate of drug-likeness (QED) is 0.574. The molecule has 0 aromatic carbocycles. The smallest absolute Gasteiger partial charge is 0.239 e. The van der Waals surface area contributed by atoms with Crippen LogP contribution in [0, 0.1) is 0 Å². The Morgan fingerprint density at radius 3 is 2.22 bits per heavy atom. The van der Waals surface area contributed by atoms with Gasteiger partial charge in [0.05, 0.1) is 6.54 Å². The molecule has 2 amide bonds. The van der Waals surface area contributed by atoms with Crippen LogP contribution in [0.2, 0.25) is 0 Å². The van der Waals surface area contributed by atoms with E-state index in [1.807, 2.05) is 4.90 Å². The number of aliphatic imine (C=N–C) groups is 1. The van der Waals surface area contributed by atoms with Crippen molar-refractivity contribution in [3.05, 3.63) is 0 Å². The molecule has 0 spiro atoms. The maximum absolute atomic E-state index is 12.1. The van der Waals surface area contributed by atoms with Gasteiger partial charge < -0.3 is 20.4 Å². The third-order valence-corrected chi connectivity index (χ3v) is 4.61. The van der Waals surface area contributed by atoms with Crippen molar-refractivity contribution in [1.82, 2.24) is 20.4 Å². The van der Waals surface area contributed by atoms with E-state index in [2.05, 4.69) is 20.5 Å². The summed E-state index contributed by atoms with van der Waals surface area (Å²) in [6.07, 6.45) is 5.88. The molecule has 2 N–H and O–H groups in total. The molecule has 0 radical (unpaired) electrons. The molecular formula is C16H29N5O2. The van der Waals surface area contributed by atoms with E-state index in [1.54, 1.807) is 14.0 Å². The molecule has 23 heavy (non-hydrogen) atoms. The van der Waals surface area contributed by atoms with Gasteiger partial charge in [-0.15, -0.1) is 0 Å². The Kier molecular flexibility index (Phi) is 6.67. The van der Waals surface area contributed by atoms with Gasteiger partial charge in [-0.05, 0) is 12.8 Å². The van der Waals surface area contributed by atoms with Crippen LogP contribution in [0.3, 0.4) is 0 Å². The highest BCUT2D eigenvalue weighted by atomic mass is 16.2. The molecule has 2 aliphatic rings. The van der Waals surface area contributed by atoms with Crippen LogP contribution in [0.5, 0.6) is 0 Å². The van der Waals surface area contributed by atoms with E-state index in [0.29, 0.717) is 19.1 Å². The number of carbonyl (C=O) groups excluding carboxylic acids is 2. The summed E-state index contributed by atoms with van der Waals surface area (Å²) in [5.41, 5.74) is 0. The third kappa shape index (κ3) is 5.41. The Labute approximate surface area is 138 Å². The summed E-state index contributed by atoms with van der Waals surface area (Å²) in [5.74, 6) is 0.867. The lowest BCUT2D eigenvalue weighted by atomic mass is 9.95. The molecule has 0 atom stereocenters. The average molecular weight is 323 g/mol. The minimum Gasteiger partial charge on any atom is -0.352 e. The second kappa shape index (κ2) is 8.74. The molecule has 130 valence electrons. The number of nitrogens with zero attached hydrogens (tertiary/aromatic N) is 3. The Bertz CT molecular complexity index is 438. The van der Waals surface area contributed by atoms with Crippen LogP contribution in [0.4, 0.5) is 0 Å². The highest BCUT2D eigenvalue weighted by Gasteiger charge is 2.21. The number of carbonyl (C=O) groups is 2. The predicted molar refractivity (Wildman–Crippen MR) is 90.2 cm³/mol. The molecule has 1 heterocycles. The first-order valence-corrected chi connectivity index (χ1v) is 8.60. The summed E-state index contributed by atoms with van der Waals surface area (Å²) in [7, 11) is 1.72. The van der Waals surface area contributed by atoms with Gasteiger partial charge >= 0.3 is 0 Å².